The van der Waals surface area contributed by atoms with Crippen LogP contribution in [-0.4, -0.2) is 48.4 Å². The number of piperidine rings is 1. The zero-order valence-corrected chi connectivity index (χ0v) is 17.0. The standard InChI is InChI=1S/C17H21N5O4S2/c1-2-14(23)18-16-19-20-17(27-16)28(25,26)21-13-8-6-12(7-9-13)15(24)22-10-4-3-5-11-22/h6-9,21H,2-5,10-11H2,1H3,(H,18,19,23). The first-order valence-corrected chi connectivity index (χ1v) is 11.2. The van der Waals surface area contributed by atoms with Crippen LogP contribution in [0.1, 0.15) is 43.0 Å². The van der Waals surface area contributed by atoms with Gasteiger partial charge in [0.25, 0.3) is 20.3 Å². The Morgan fingerprint density at radius 3 is 2.43 bits per heavy atom. The van der Waals surface area contributed by atoms with Gasteiger partial charge in [0.1, 0.15) is 0 Å². The van der Waals surface area contributed by atoms with Gasteiger partial charge in [-0.3, -0.25) is 14.3 Å². The summed E-state index contributed by atoms with van der Waals surface area (Å²) in [5, 5.41) is 9.88. The minimum Gasteiger partial charge on any atom is -0.339 e. The van der Waals surface area contributed by atoms with Crippen molar-refractivity contribution in [1.29, 1.82) is 0 Å². The molecular formula is C17H21N5O4S2. The SMILES string of the molecule is CCC(=O)Nc1nnc(S(=O)(=O)Nc2ccc(C(=O)N3CCCCC3)cc2)s1. The molecule has 1 aromatic heterocycles. The van der Waals surface area contributed by atoms with E-state index in [1.807, 2.05) is 4.90 Å². The molecule has 2 heterocycles. The fraction of sp³-hybridized carbons (Fsp3) is 0.412. The monoisotopic (exact) mass is 423 g/mol. The number of anilines is 2. The summed E-state index contributed by atoms with van der Waals surface area (Å²) in [5.41, 5.74) is 0.829. The van der Waals surface area contributed by atoms with Crippen molar-refractivity contribution in [3.63, 3.8) is 0 Å². The number of sulfonamides is 1. The quantitative estimate of drug-likeness (QED) is 0.688. The highest BCUT2D eigenvalue weighted by atomic mass is 32.2. The van der Waals surface area contributed by atoms with Gasteiger partial charge in [0, 0.05) is 30.8 Å². The average Bonchev–Trinajstić information content (AvgIpc) is 3.18. The molecule has 3 rings (SSSR count). The molecule has 150 valence electrons. The zero-order chi connectivity index (χ0) is 20.1. The third-order valence-corrected chi connectivity index (χ3v) is 6.82. The number of carbonyl (C=O) groups is 2. The van der Waals surface area contributed by atoms with E-state index in [9.17, 15) is 18.0 Å². The summed E-state index contributed by atoms with van der Waals surface area (Å²) in [6.07, 6.45) is 3.40. The second-order valence-electron chi connectivity index (χ2n) is 6.31. The van der Waals surface area contributed by atoms with Gasteiger partial charge in [0.15, 0.2) is 0 Å². The van der Waals surface area contributed by atoms with Crippen LogP contribution in [0.15, 0.2) is 28.6 Å². The highest BCUT2D eigenvalue weighted by Gasteiger charge is 2.22. The summed E-state index contributed by atoms with van der Waals surface area (Å²) in [5.74, 6) is -0.323. The summed E-state index contributed by atoms with van der Waals surface area (Å²) in [6, 6.07) is 6.27. The van der Waals surface area contributed by atoms with Crippen molar-refractivity contribution in [3.8, 4) is 0 Å². The van der Waals surface area contributed by atoms with E-state index in [2.05, 4.69) is 20.2 Å². The average molecular weight is 424 g/mol. The van der Waals surface area contributed by atoms with Crippen LogP contribution in [-0.2, 0) is 14.8 Å². The number of carbonyl (C=O) groups excluding carboxylic acids is 2. The van der Waals surface area contributed by atoms with Crippen LogP contribution in [0.3, 0.4) is 0 Å². The molecule has 1 aliphatic rings. The first kappa shape index (κ1) is 20.2. The maximum absolute atomic E-state index is 12.5. The molecule has 1 saturated heterocycles. The maximum Gasteiger partial charge on any atom is 0.291 e. The van der Waals surface area contributed by atoms with Crippen molar-refractivity contribution < 1.29 is 18.0 Å². The molecule has 2 N–H and O–H groups in total. The highest BCUT2D eigenvalue weighted by Crippen LogP contribution is 2.23. The fourth-order valence-corrected chi connectivity index (χ4v) is 4.71. The molecule has 1 aliphatic heterocycles. The van der Waals surface area contributed by atoms with Crippen molar-refractivity contribution in [3.05, 3.63) is 29.8 Å². The molecule has 2 aromatic rings. The van der Waals surface area contributed by atoms with Crippen LogP contribution >= 0.6 is 11.3 Å². The van der Waals surface area contributed by atoms with Gasteiger partial charge < -0.3 is 10.2 Å². The van der Waals surface area contributed by atoms with Crippen LogP contribution < -0.4 is 10.0 Å². The van der Waals surface area contributed by atoms with Crippen molar-refractivity contribution in [2.45, 2.75) is 36.9 Å². The number of likely N-dealkylation sites (tertiary alicyclic amines) is 1. The van der Waals surface area contributed by atoms with Gasteiger partial charge in [-0.05, 0) is 43.5 Å². The Bertz CT molecular complexity index is 950. The van der Waals surface area contributed by atoms with Crippen LogP contribution in [0, 0.1) is 0 Å². The van der Waals surface area contributed by atoms with Crippen LogP contribution in [0.2, 0.25) is 0 Å². The summed E-state index contributed by atoms with van der Waals surface area (Å²) in [7, 11) is -3.94. The molecule has 0 saturated carbocycles. The van der Waals surface area contributed by atoms with Gasteiger partial charge in [-0.1, -0.05) is 18.3 Å². The molecule has 0 aliphatic carbocycles. The number of nitrogens with one attached hydrogen (secondary N) is 2. The molecule has 28 heavy (non-hydrogen) atoms. The fourth-order valence-electron chi connectivity index (χ4n) is 2.74. The summed E-state index contributed by atoms with van der Waals surface area (Å²) < 4.78 is 27.0. The van der Waals surface area contributed by atoms with Crippen molar-refractivity contribution in [1.82, 2.24) is 15.1 Å². The second kappa shape index (κ2) is 8.65. The molecular weight excluding hydrogens is 402 g/mol. The Kier molecular flexibility index (Phi) is 6.25. The molecule has 1 aromatic carbocycles. The molecule has 0 atom stereocenters. The van der Waals surface area contributed by atoms with E-state index in [0.29, 0.717) is 11.3 Å². The topological polar surface area (TPSA) is 121 Å². The Balaban J connectivity index is 1.67. The van der Waals surface area contributed by atoms with Gasteiger partial charge in [-0.2, -0.15) is 8.42 Å². The van der Waals surface area contributed by atoms with Crippen LogP contribution in [0.4, 0.5) is 10.8 Å². The molecule has 2 amide bonds. The Morgan fingerprint density at radius 2 is 1.79 bits per heavy atom. The largest absolute Gasteiger partial charge is 0.339 e. The minimum atomic E-state index is -3.94. The van der Waals surface area contributed by atoms with E-state index in [0.717, 1.165) is 43.7 Å². The molecule has 0 bridgehead atoms. The number of benzene rings is 1. The predicted molar refractivity (Wildman–Crippen MR) is 106 cm³/mol. The number of rotatable bonds is 6. The predicted octanol–water partition coefficient (Wildman–Crippen LogP) is 2.31. The molecule has 0 spiro atoms. The van der Waals surface area contributed by atoms with Crippen molar-refractivity contribution in [2.75, 3.05) is 23.1 Å². The summed E-state index contributed by atoms with van der Waals surface area (Å²) >= 11 is 0.764. The lowest BCUT2D eigenvalue weighted by Crippen LogP contribution is -2.35. The van der Waals surface area contributed by atoms with Gasteiger partial charge in [0.2, 0.25) is 11.0 Å². The van der Waals surface area contributed by atoms with Crippen LogP contribution in [0.5, 0.6) is 0 Å². The number of amides is 2. The lowest BCUT2D eigenvalue weighted by Gasteiger charge is -2.26. The van der Waals surface area contributed by atoms with Crippen LogP contribution in [0.25, 0.3) is 0 Å². The summed E-state index contributed by atoms with van der Waals surface area (Å²) in [4.78, 5) is 25.6. The minimum absolute atomic E-state index is 0.0467. The van der Waals surface area contributed by atoms with Crippen molar-refractivity contribution >= 4 is 44.0 Å². The third kappa shape index (κ3) is 4.84. The molecule has 9 nitrogen and oxygen atoms in total. The van der Waals surface area contributed by atoms with Gasteiger partial charge in [0.05, 0.1) is 0 Å². The lowest BCUT2D eigenvalue weighted by molar-refractivity contribution is -0.115. The van der Waals surface area contributed by atoms with Gasteiger partial charge in [-0.15, -0.1) is 10.2 Å². The Labute approximate surface area is 167 Å². The van der Waals surface area contributed by atoms with E-state index in [4.69, 9.17) is 0 Å². The van der Waals surface area contributed by atoms with E-state index in [-0.39, 0.29) is 27.7 Å². The van der Waals surface area contributed by atoms with E-state index >= 15 is 0 Å². The first-order chi connectivity index (χ1) is 13.4. The molecule has 11 heteroatoms. The maximum atomic E-state index is 12.5. The number of aromatic nitrogens is 2. The molecule has 0 unspecified atom stereocenters. The highest BCUT2D eigenvalue weighted by molar-refractivity contribution is 7.94. The number of hydrogen-bond acceptors (Lipinski definition) is 7. The van der Waals surface area contributed by atoms with E-state index in [1.165, 1.54) is 12.1 Å². The Hall–Kier alpha value is -2.53. The Morgan fingerprint density at radius 1 is 1.11 bits per heavy atom. The summed E-state index contributed by atoms with van der Waals surface area (Å²) in [6.45, 7) is 3.18. The third-order valence-electron chi connectivity index (χ3n) is 4.23. The first-order valence-electron chi connectivity index (χ1n) is 8.94. The number of hydrogen-bond donors (Lipinski definition) is 2. The van der Waals surface area contributed by atoms with E-state index < -0.39 is 10.0 Å². The van der Waals surface area contributed by atoms with Gasteiger partial charge in [-0.25, -0.2) is 0 Å². The van der Waals surface area contributed by atoms with E-state index in [1.54, 1.807) is 19.1 Å². The second-order valence-corrected chi connectivity index (χ2v) is 9.14. The van der Waals surface area contributed by atoms with Crippen molar-refractivity contribution in [2.24, 2.45) is 0 Å². The number of nitrogens with zero attached hydrogens (tertiary/aromatic N) is 3. The van der Waals surface area contributed by atoms with Gasteiger partial charge >= 0.3 is 0 Å². The zero-order valence-electron chi connectivity index (χ0n) is 15.3. The molecule has 0 radical (unpaired) electrons. The molecule has 1 fully saturated rings. The normalized spacial score (nSPS) is 14.5. The smallest absolute Gasteiger partial charge is 0.291 e. The lowest BCUT2D eigenvalue weighted by atomic mass is 10.1.